The first-order valence-corrected chi connectivity index (χ1v) is 11.6. The van der Waals surface area contributed by atoms with E-state index in [0.717, 1.165) is 53.4 Å². The van der Waals surface area contributed by atoms with E-state index in [2.05, 4.69) is 23.1 Å². The standard InChI is InChI=1S/C26H25ClN4O2/c1-2-33-26(32)20-9-6-14-30(17-20)25-16-22(18-7-4-3-5-8-18)28-24-15-23(29-31(24)25)19-10-12-21(27)13-11-19/h3-5,7-8,10-13,15-16,20H,2,6,9,14,17H2,1H3/t20-/m0/s1. The Kier molecular flexibility index (Phi) is 6.01. The van der Waals surface area contributed by atoms with Crippen LogP contribution in [0, 0.1) is 5.92 Å². The molecule has 6 nitrogen and oxygen atoms in total. The van der Waals surface area contributed by atoms with E-state index in [9.17, 15) is 4.79 Å². The van der Waals surface area contributed by atoms with Gasteiger partial charge >= 0.3 is 5.97 Å². The monoisotopic (exact) mass is 460 g/mol. The molecule has 0 bridgehead atoms. The molecule has 33 heavy (non-hydrogen) atoms. The normalized spacial score (nSPS) is 16.2. The molecule has 3 heterocycles. The number of aromatic nitrogens is 3. The molecule has 5 rings (SSSR count). The third kappa shape index (κ3) is 4.44. The third-order valence-electron chi connectivity index (χ3n) is 5.98. The predicted molar refractivity (Wildman–Crippen MR) is 130 cm³/mol. The Labute approximate surface area is 197 Å². The van der Waals surface area contributed by atoms with Crippen LogP contribution in [0.1, 0.15) is 19.8 Å². The van der Waals surface area contributed by atoms with Crippen LogP contribution in [-0.2, 0) is 9.53 Å². The molecule has 1 aliphatic heterocycles. The molecule has 0 N–H and O–H groups in total. The van der Waals surface area contributed by atoms with Gasteiger partial charge in [-0.25, -0.2) is 4.98 Å². The molecule has 1 atom stereocenters. The summed E-state index contributed by atoms with van der Waals surface area (Å²) in [6.45, 7) is 3.69. The third-order valence-corrected chi connectivity index (χ3v) is 6.24. The van der Waals surface area contributed by atoms with E-state index >= 15 is 0 Å². The zero-order valence-electron chi connectivity index (χ0n) is 18.4. The lowest BCUT2D eigenvalue weighted by molar-refractivity contribution is -0.148. The summed E-state index contributed by atoms with van der Waals surface area (Å²) in [6.07, 6.45) is 1.75. The van der Waals surface area contributed by atoms with E-state index in [4.69, 9.17) is 26.4 Å². The summed E-state index contributed by atoms with van der Waals surface area (Å²) in [4.78, 5) is 19.6. The van der Waals surface area contributed by atoms with Gasteiger partial charge in [-0.15, -0.1) is 0 Å². The van der Waals surface area contributed by atoms with Crippen LogP contribution in [0.4, 0.5) is 5.82 Å². The summed E-state index contributed by atoms with van der Waals surface area (Å²) in [6, 6.07) is 21.8. The predicted octanol–water partition coefficient (Wildman–Crippen LogP) is 5.50. The Hall–Kier alpha value is -3.38. The second-order valence-electron chi connectivity index (χ2n) is 8.21. The van der Waals surface area contributed by atoms with Crippen LogP contribution in [-0.4, -0.2) is 40.3 Å². The van der Waals surface area contributed by atoms with E-state index < -0.39 is 0 Å². The maximum absolute atomic E-state index is 12.4. The summed E-state index contributed by atoms with van der Waals surface area (Å²) < 4.78 is 7.19. The van der Waals surface area contributed by atoms with Crippen molar-refractivity contribution >= 4 is 29.0 Å². The highest BCUT2D eigenvalue weighted by molar-refractivity contribution is 6.30. The number of benzene rings is 2. The van der Waals surface area contributed by atoms with Crippen molar-refractivity contribution < 1.29 is 9.53 Å². The zero-order valence-corrected chi connectivity index (χ0v) is 19.2. The molecule has 1 saturated heterocycles. The van der Waals surface area contributed by atoms with Crippen molar-refractivity contribution in [3.05, 3.63) is 71.8 Å². The van der Waals surface area contributed by atoms with Crippen LogP contribution in [0.2, 0.25) is 5.02 Å². The minimum atomic E-state index is -0.145. The minimum Gasteiger partial charge on any atom is -0.466 e. The van der Waals surface area contributed by atoms with Gasteiger partial charge in [-0.05, 0) is 31.9 Å². The van der Waals surface area contributed by atoms with Gasteiger partial charge in [0.2, 0.25) is 0 Å². The van der Waals surface area contributed by atoms with Gasteiger partial charge in [-0.2, -0.15) is 9.61 Å². The van der Waals surface area contributed by atoms with Crippen molar-refractivity contribution in [3.63, 3.8) is 0 Å². The van der Waals surface area contributed by atoms with Crippen molar-refractivity contribution in [2.75, 3.05) is 24.6 Å². The van der Waals surface area contributed by atoms with Crippen LogP contribution in [0.5, 0.6) is 0 Å². The fourth-order valence-electron chi connectivity index (χ4n) is 4.34. The van der Waals surface area contributed by atoms with E-state index in [1.54, 1.807) is 0 Å². The number of carbonyl (C=O) groups is 1. The summed E-state index contributed by atoms with van der Waals surface area (Å²) in [5, 5.41) is 5.57. The lowest BCUT2D eigenvalue weighted by Crippen LogP contribution is -2.40. The highest BCUT2D eigenvalue weighted by Crippen LogP contribution is 2.30. The second-order valence-corrected chi connectivity index (χ2v) is 8.65. The molecule has 0 aliphatic carbocycles. The number of esters is 1. The number of fused-ring (bicyclic) bond motifs is 1. The van der Waals surface area contributed by atoms with Crippen molar-refractivity contribution in [2.45, 2.75) is 19.8 Å². The highest BCUT2D eigenvalue weighted by atomic mass is 35.5. The fraction of sp³-hybridized carbons (Fsp3) is 0.269. The molecule has 0 radical (unpaired) electrons. The smallest absolute Gasteiger partial charge is 0.310 e. The molecule has 1 fully saturated rings. The number of anilines is 1. The molecule has 0 unspecified atom stereocenters. The molecule has 0 saturated carbocycles. The maximum Gasteiger partial charge on any atom is 0.310 e. The van der Waals surface area contributed by atoms with Gasteiger partial charge in [0.15, 0.2) is 5.65 Å². The van der Waals surface area contributed by atoms with Gasteiger partial charge in [0.25, 0.3) is 0 Å². The number of ether oxygens (including phenoxy) is 1. The van der Waals surface area contributed by atoms with E-state index in [-0.39, 0.29) is 11.9 Å². The van der Waals surface area contributed by atoms with Crippen molar-refractivity contribution in [1.29, 1.82) is 0 Å². The molecule has 2 aromatic heterocycles. The number of rotatable bonds is 5. The molecule has 1 aliphatic rings. The summed E-state index contributed by atoms with van der Waals surface area (Å²) in [5.74, 6) is 0.652. The minimum absolute atomic E-state index is 0.127. The first-order valence-electron chi connectivity index (χ1n) is 11.3. The number of nitrogens with zero attached hydrogens (tertiary/aromatic N) is 4. The molecular formula is C26H25ClN4O2. The summed E-state index contributed by atoms with van der Waals surface area (Å²) in [7, 11) is 0. The molecule has 7 heteroatoms. The summed E-state index contributed by atoms with van der Waals surface area (Å²) >= 11 is 6.07. The topological polar surface area (TPSA) is 59.7 Å². The number of carbonyl (C=O) groups excluding carboxylic acids is 1. The average molecular weight is 461 g/mol. The van der Waals surface area contributed by atoms with E-state index in [1.165, 1.54) is 0 Å². The second kappa shape index (κ2) is 9.24. The Morgan fingerprint density at radius 3 is 2.58 bits per heavy atom. The SMILES string of the molecule is CCOC(=O)[C@H]1CCCN(c2cc(-c3ccccc3)nc3cc(-c4ccc(Cl)cc4)nn23)C1. The lowest BCUT2D eigenvalue weighted by Gasteiger charge is -2.33. The fourth-order valence-corrected chi connectivity index (χ4v) is 4.47. The number of hydrogen-bond donors (Lipinski definition) is 0. The largest absolute Gasteiger partial charge is 0.466 e. The molecule has 168 valence electrons. The van der Waals surface area contributed by atoms with Gasteiger partial charge in [0.05, 0.1) is 23.9 Å². The number of hydrogen-bond acceptors (Lipinski definition) is 5. The Bertz CT molecular complexity index is 1270. The molecule has 0 spiro atoms. The van der Waals surface area contributed by atoms with E-state index in [0.29, 0.717) is 18.2 Å². The Morgan fingerprint density at radius 1 is 1.06 bits per heavy atom. The number of halogens is 1. The molecule has 2 aromatic carbocycles. The molecular weight excluding hydrogens is 436 g/mol. The van der Waals surface area contributed by atoms with E-state index in [1.807, 2.05) is 60.0 Å². The maximum atomic E-state index is 12.4. The molecule has 0 amide bonds. The molecule has 4 aromatic rings. The van der Waals surface area contributed by atoms with Crippen molar-refractivity contribution in [3.8, 4) is 22.5 Å². The Morgan fingerprint density at radius 2 is 1.82 bits per heavy atom. The van der Waals surface area contributed by atoms with Crippen molar-refractivity contribution in [1.82, 2.24) is 14.6 Å². The Balaban J connectivity index is 1.60. The first-order chi connectivity index (χ1) is 16.1. The lowest BCUT2D eigenvalue weighted by atomic mass is 9.98. The average Bonchev–Trinajstić information content (AvgIpc) is 3.29. The van der Waals surface area contributed by atoms with Crippen LogP contribution in [0.3, 0.4) is 0 Å². The highest BCUT2D eigenvalue weighted by Gasteiger charge is 2.29. The first kappa shape index (κ1) is 21.5. The quantitative estimate of drug-likeness (QED) is 0.368. The van der Waals surface area contributed by atoms with Gasteiger partial charge in [0.1, 0.15) is 5.82 Å². The van der Waals surface area contributed by atoms with Gasteiger partial charge in [-0.3, -0.25) is 4.79 Å². The zero-order chi connectivity index (χ0) is 22.8. The van der Waals surface area contributed by atoms with Gasteiger partial charge in [0, 0.05) is 41.4 Å². The van der Waals surface area contributed by atoms with Crippen LogP contribution in [0.25, 0.3) is 28.2 Å². The van der Waals surface area contributed by atoms with Crippen LogP contribution in [0.15, 0.2) is 66.7 Å². The van der Waals surface area contributed by atoms with Crippen molar-refractivity contribution in [2.24, 2.45) is 5.92 Å². The summed E-state index contributed by atoms with van der Waals surface area (Å²) in [5.41, 5.74) is 4.47. The van der Waals surface area contributed by atoms with Crippen LogP contribution < -0.4 is 4.90 Å². The van der Waals surface area contributed by atoms with Gasteiger partial charge in [-0.1, -0.05) is 54.1 Å². The van der Waals surface area contributed by atoms with Crippen LogP contribution >= 0.6 is 11.6 Å². The number of piperidine rings is 1. The van der Waals surface area contributed by atoms with Gasteiger partial charge < -0.3 is 9.64 Å².